The fraction of sp³-hybridized carbons (Fsp3) is 0. The zero-order valence-electron chi connectivity index (χ0n) is 4.70. The van der Waals surface area contributed by atoms with Crippen LogP contribution in [-0.4, -0.2) is 10.9 Å². The molecule has 2 amide bonds. The monoisotopic (exact) mass is 135 g/mol. The van der Waals surface area contributed by atoms with E-state index in [1.807, 2.05) is 0 Å². The van der Waals surface area contributed by atoms with E-state index in [2.05, 4.69) is 0 Å². The Bertz CT molecular complexity index is 236. The normalized spacial score (nSPS) is 6.10. The van der Waals surface area contributed by atoms with Crippen molar-refractivity contribution in [3.05, 3.63) is 0 Å². The van der Waals surface area contributed by atoms with E-state index in [1.165, 1.54) is 18.6 Å². The van der Waals surface area contributed by atoms with Gasteiger partial charge in [-0.1, -0.05) is 0 Å². The average molecular weight is 135 g/mol. The maximum atomic E-state index is 10.4. The highest BCUT2D eigenvalue weighted by Crippen LogP contribution is 1.80. The molecule has 0 heterocycles. The molecule has 0 radical (unpaired) electrons. The summed E-state index contributed by atoms with van der Waals surface area (Å²) in [6.45, 7) is 0. The van der Waals surface area contributed by atoms with Gasteiger partial charge in [-0.25, -0.2) is 10.1 Å². The van der Waals surface area contributed by atoms with Crippen molar-refractivity contribution in [3.63, 3.8) is 0 Å². The van der Waals surface area contributed by atoms with Gasteiger partial charge in [0.2, 0.25) is 12.4 Å². The lowest BCUT2D eigenvalue weighted by molar-refractivity contribution is 0.233. The molecular formula is C4HN5O. The fourth-order valence-electron chi connectivity index (χ4n) is 0.217. The molecule has 0 bridgehead atoms. The van der Waals surface area contributed by atoms with Gasteiger partial charge in [-0.05, 0) is 0 Å². The number of nitrogens with one attached hydrogen (secondary N) is 1. The molecule has 0 saturated carbocycles. The summed E-state index contributed by atoms with van der Waals surface area (Å²) in [4.78, 5) is 10.5. The Morgan fingerprint density at radius 3 is 2.10 bits per heavy atom. The highest BCUT2D eigenvalue weighted by Gasteiger charge is 2.09. The molecular weight excluding hydrogens is 134 g/mol. The lowest BCUT2D eigenvalue weighted by atomic mass is 10.8. The van der Waals surface area contributed by atoms with E-state index in [1.54, 1.807) is 5.32 Å². The lowest BCUT2D eigenvalue weighted by Crippen LogP contribution is -2.30. The fourth-order valence-corrected chi connectivity index (χ4v) is 0.217. The molecule has 0 aliphatic carbocycles. The highest BCUT2D eigenvalue weighted by molar-refractivity contribution is 5.78. The van der Waals surface area contributed by atoms with Crippen molar-refractivity contribution in [2.75, 3.05) is 0 Å². The first kappa shape index (κ1) is 7.74. The first-order valence-corrected chi connectivity index (χ1v) is 2.05. The van der Waals surface area contributed by atoms with Crippen LogP contribution in [0.15, 0.2) is 0 Å². The van der Waals surface area contributed by atoms with Gasteiger partial charge in [-0.2, -0.15) is 15.8 Å². The Balaban J connectivity index is 4.13. The zero-order chi connectivity index (χ0) is 7.98. The summed E-state index contributed by atoms with van der Waals surface area (Å²) in [7, 11) is 0. The molecule has 0 aromatic carbocycles. The van der Waals surface area contributed by atoms with Crippen molar-refractivity contribution in [3.8, 4) is 18.6 Å². The second kappa shape index (κ2) is 3.71. The molecule has 0 spiro atoms. The quantitative estimate of drug-likeness (QED) is 0.355. The van der Waals surface area contributed by atoms with E-state index in [4.69, 9.17) is 15.8 Å². The summed E-state index contributed by atoms with van der Waals surface area (Å²) in [6.07, 6.45) is 3.76. The summed E-state index contributed by atoms with van der Waals surface area (Å²) < 4.78 is 0. The number of nitrogens with zero attached hydrogens (tertiary/aromatic N) is 4. The van der Waals surface area contributed by atoms with E-state index < -0.39 is 6.03 Å². The van der Waals surface area contributed by atoms with Crippen LogP contribution in [0.1, 0.15) is 0 Å². The van der Waals surface area contributed by atoms with Crippen LogP contribution in [0.25, 0.3) is 0 Å². The molecule has 0 unspecified atom stereocenters. The number of carbonyl (C=O) groups is 1. The minimum absolute atomic E-state index is 0.142. The second-order valence-electron chi connectivity index (χ2n) is 1.08. The van der Waals surface area contributed by atoms with E-state index in [0.29, 0.717) is 0 Å². The van der Waals surface area contributed by atoms with Gasteiger partial charge >= 0.3 is 6.03 Å². The molecule has 0 aliphatic rings. The van der Waals surface area contributed by atoms with Gasteiger partial charge in [0.05, 0.1) is 0 Å². The highest BCUT2D eigenvalue weighted by atomic mass is 16.2. The first-order valence-electron chi connectivity index (χ1n) is 2.05. The number of hydrogen-bond acceptors (Lipinski definition) is 4. The Hall–Kier alpha value is -2.26. The average Bonchev–Trinajstić information content (AvgIpc) is 1.91. The minimum atomic E-state index is -1.05. The third kappa shape index (κ3) is 1.69. The summed E-state index contributed by atoms with van der Waals surface area (Å²) in [6, 6.07) is -1.05. The molecule has 1 N–H and O–H groups in total. The summed E-state index contributed by atoms with van der Waals surface area (Å²) >= 11 is 0. The Morgan fingerprint density at radius 2 is 1.80 bits per heavy atom. The van der Waals surface area contributed by atoms with Crippen LogP contribution in [0.3, 0.4) is 0 Å². The number of hydrogen-bond donors (Lipinski definition) is 1. The molecule has 0 aromatic rings. The van der Waals surface area contributed by atoms with Crippen molar-refractivity contribution in [2.45, 2.75) is 0 Å². The largest absolute Gasteiger partial charge is 0.357 e. The maximum Gasteiger partial charge on any atom is 0.357 e. The summed E-state index contributed by atoms with van der Waals surface area (Å²) in [5.41, 5.74) is 0. The van der Waals surface area contributed by atoms with E-state index in [9.17, 15) is 4.79 Å². The third-order valence-corrected chi connectivity index (χ3v) is 0.566. The maximum absolute atomic E-state index is 10.4. The number of amides is 2. The van der Waals surface area contributed by atoms with Crippen molar-refractivity contribution < 1.29 is 4.79 Å². The van der Waals surface area contributed by atoms with Crippen molar-refractivity contribution in [1.82, 2.24) is 10.2 Å². The molecule has 0 fully saturated rings. The summed E-state index contributed by atoms with van der Waals surface area (Å²) in [5.74, 6) is 0. The smallest absolute Gasteiger partial charge is 0.245 e. The van der Waals surface area contributed by atoms with Crippen LogP contribution in [-0.2, 0) is 0 Å². The molecule has 0 atom stereocenters. The van der Waals surface area contributed by atoms with Crippen LogP contribution in [0, 0.1) is 34.4 Å². The number of nitriles is 3. The molecule has 0 rings (SSSR count). The van der Waals surface area contributed by atoms with Gasteiger partial charge in [-0.15, -0.1) is 4.90 Å². The predicted molar refractivity (Wildman–Crippen MR) is 27.2 cm³/mol. The molecule has 48 valence electrons. The molecule has 10 heavy (non-hydrogen) atoms. The van der Waals surface area contributed by atoms with Crippen molar-refractivity contribution in [1.29, 1.82) is 15.8 Å². The van der Waals surface area contributed by atoms with Gasteiger partial charge in [0, 0.05) is 0 Å². The van der Waals surface area contributed by atoms with Gasteiger partial charge < -0.3 is 0 Å². The Kier molecular flexibility index (Phi) is 2.87. The van der Waals surface area contributed by atoms with Gasteiger partial charge in [-0.3, -0.25) is 0 Å². The standard InChI is InChI=1S/C4HN5O/c5-1-8-4(10)9(2-6)3-7/h(H,8,10). The van der Waals surface area contributed by atoms with E-state index in [0.717, 1.165) is 0 Å². The van der Waals surface area contributed by atoms with E-state index in [-0.39, 0.29) is 4.90 Å². The van der Waals surface area contributed by atoms with Crippen LogP contribution >= 0.6 is 0 Å². The topological polar surface area (TPSA) is 104 Å². The number of rotatable bonds is 0. The number of carbonyl (C=O) groups excluding carboxylic acids is 1. The zero-order valence-corrected chi connectivity index (χ0v) is 4.70. The van der Waals surface area contributed by atoms with Crippen molar-refractivity contribution >= 4 is 6.03 Å². The van der Waals surface area contributed by atoms with Crippen LogP contribution in [0.4, 0.5) is 4.79 Å². The molecule has 0 saturated heterocycles. The van der Waals surface area contributed by atoms with Crippen LogP contribution in [0.5, 0.6) is 0 Å². The lowest BCUT2D eigenvalue weighted by Gasteiger charge is -1.96. The Labute approximate surface area is 56.5 Å². The van der Waals surface area contributed by atoms with Gasteiger partial charge in [0.15, 0.2) is 6.19 Å². The Morgan fingerprint density at radius 1 is 1.30 bits per heavy atom. The van der Waals surface area contributed by atoms with Crippen LogP contribution < -0.4 is 5.32 Å². The SMILES string of the molecule is N#CNC(=O)N(C#N)C#N. The van der Waals surface area contributed by atoms with Crippen molar-refractivity contribution in [2.24, 2.45) is 0 Å². The van der Waals surface area contributed by atoms with Gasteiger partial charge in [0.25, 0.3) is 0 Å². The molecule has 0 aromatic heterocycles. The second-order valence-corrected chi connectivity index (χ2v) is 1.08. The predicted octanol–water partition coefficient (Wildman–Crippen LogP) is -0.559. The molecule has 6 heteroatoms. The number of urea groups is 1. The first-order chi connectivity index (χ1) is 4.76. The minimum Gasteiger partial charge on any atom is -0.245 e. The van der Waals surface area contributed by atoms with E-state index >= 15 is 0 Å². The molecule has 6 nitrogen and oxygen atoms in total. The van der Waals surface area contributed by atoms with Gasteiger partial charge in [0.1, 0.15) is 0 Å². The summed E-state index contributed by atoms with van der Waals surface area (Å²) in [5, 5.41) is 25.5. The third-order valence-electron chi connectivity index (χ3n) is 0.566. The van der Waals surface area contributed by atoms with Crippen LogP contribution in [0.2, 0.25) is 0 Å². The molecule has 0 aliphatic heterocycles.